The molecule has 3 rings (SSSR count). The molecule has 150 valence electrons. The van der Waals surface area contributed by atoms with Gasteiger partial charge in [-0.2, -0.15) is 0 Å². The number of aromatic carboxylic acids is 1. The second-order valence-electron chi connectivity index (χ2n) is 5.92. The fourth-order valence-corrected chi connectivity index (χ4v) is 2.75. The minimum Gasteiger partial charge on any atom is -0.505 e. The molecule has 29 heavy (non-hydrogen) atoms. The molecule has 1 aliphatic rings. The van der Waals surface area contributed by atoms with Gasteiger partial charge in [0.2, 0.25) is 12.1 Å². The highest BCUT2D eigenvalue weighted by Gasteiger charge is 2.34. The van der Waals surface area contributed by atoms with Crippen molar-refractivity contribution in [2.75, 3.05) is 11.9 Å². The van der Waals surface area contributed by atoms with Gasteiger partial charge in [-0.05, 0) is 25.1 Å². The number of fused-ring (bicyclic) bond motifs is 1. The molecule has 1 heterocycles. The number of ketones is 1. The predicted molar refractivity (Wildman–Crippen MR) is 100 cm³/mol. The molecule has 3 N–H and O–H groups in total. The van der Waals surface area contributed by atoms with Crippen LogP contribution in [-0.4, -0.2) is 39.8 Å². The number of benzene rings is 2. The number of phenols is 1. The maximum Gasteiger partial charge on any atom is 0.339 e. The molecule has 0 saturated heterocycles. The summed E-state index contributed by atoms with van der Waals surface area (Å²) in [6.07, 6.45) is 0.129. The molecule has 0 saturated carbocycles. The lowest BCUT2D eigenvalue weighted by atomic mass is 9.99. The Morgan fingerprint density at radius 3 is 2.79 bits per heavy atom. The summed E-state index contributed by atoms with van der Waals surface area (Å²) in [4.78, 5) is 34.4. The summed E-state index contributed by atoms with van der Waals surface area (Å²) in [5.74, 6) is -2.24. The number of carbonyl (C=O) groups excluding carboxylic acids is 1. The Bertz CT molecular complexity index is 1030. The highest BCUT2D eigenvalue weighted by atomic mass is 16.7. The van der Waals surface area contributed by atoms with Gasteiger partial charge in [-0.3, -0.25) is 14.9 Å². The number of para-hydroxylation sites is 1. The van der Waals surface area contributed by atoms with Gasteiger partial charge in [0.1, 0.15) is 11.3 Å². The average Bonchev–Trinajstić information content (AvgIpc) is 2.68. The van der Waals surface area contributed by atoms with E-state index in [0.29, 0.717) is 0 Å². The molecule has 0 aliphatic carbocycles. The van der Waals surface area contributed by atoms with Gasteiger partial charge < -0.3 is 25.0 Å². The Balaban J connectivity index is 1.99. The lowest BCUT2D eigenvalue weighted by Crippen LogP contribution is -2.33. The number of ether oxygens (including phenoxy) is 2. The minimum atomic E-state index is -1.32. The molecule has 10 nitrogen and oxygen atoms in total. The number of rotatable bonds is 6. The Hall–Kier alpha value is -3.92. The summed E-state index contributed by atoms with van der Waals surface area (Å²) in [6.45, 7) is 1.92. The van der Waals surface area contributed by atoms with E-state index in [1.54, 1.807) is 6.92 Å². The number of carboxylic acids is 1. The molecular formula is C19H16N2O8. The molecule has 0 unspecified atom stereocenters. The molecule has 0 aromatic heterocycles. The van der Waals surface area contributed by atoms with Crippen molar-refractivity contribution in [3.63, 3.8) is 0 Å². The number of non-ortho nitro benzene ring substituents is 1. The van der Waals surface area contributed by atoms with Crippen molar-refractivity contribution < 1.29 is 34.2 Å². The zero-order chi connectivity index (χ0) is 21.1. The van der Waals surface area contributed by atoms with Gasteiger partial charge in [0.05, 0.1) is 21.7 Å². The van der Waals surface area contributed by atoms with Crippen LogP contribution in [0.1, 0.15) is 27.6 Å². The standard InChI is InChI=1S/C19H16N2O8/c1-2-28-19-13(9-20-14-5-3-4-11(17(14)23)18(24)25)16(22)12-8-10(21(26)27)6-7-15(12)29-19/h3-9,19-20,23H,2H2,1H3,(H,24,25)/b13-9-/t19-/m1/s1. The van der Waals surface area contributed by atoms with E-state index in [4.69, 9.17) is 14.6 Å². The van der Waals surface area contributed by atoms with Crippen molar-refractivity contribution >= 4 is 23.1 Å². The Labute approximate surface area is 164 Å². The molecule has 10 heteroatoms. The lowest BCUT2D eigenvalue weighted by molar-refractivity contribution is -0.384. The van der Waals surface area contributed by atoms with Crippen LogP contribution in [0.15, 0.2) is 48.2 Å². The quantitative estimate of drug-likeness (QED) is 0.288. The number of carbonyl (C=O) groups is 2. The molecule has 0 radical (unpaired) electrons. The van der Waals surface area contributed by atoms with E-state index in [-0.39, 0.29) is 40.4 Å². The highest BCUT2D eigenvalue weighted by Crippen LogP contribution is 2.34. The second kappa shape index (κ2) is 7.98. The number of aromatic hydroxyl groups is 1. The van der Waals surface area contributed by atoms with Gasteiger partial charge in [0.15, 0.2) is 5.75 Å². The summed E-state index contributed by atoms with van der Waals surface area (Å²) in [5.41, 5.74) is -0.548. The van der Waals surface area contributed by atoms with Gasteiger partial charge >= 0.3 is 5.97 Å². The molecule has 1 atom stereocenters. The van der Waals surface area contributed by atoms with Crippen LogP contribution in [0.25, 0.3) is 0 Å². The number of nitrogens with one attached hydrogen (secondary N) is 1. The first-order valence-corrected chi connectivity index (χ1v) is 8.46. The van der Waals surface area contributed by atoms with Gasteiger partial charge in [-0.1, -0.05) is 6.07 Å². The summed E-state index contributed by atoms with van der Waals surface area (Å²) >= 11 is 0. The van der Waals surface area contributed by atoms with E-state index in [1.807, 2.05) is 0 Å². The van der Waals surface area contributed by atoms with Gasteiger partial charge in [-0.15, -0.1) is 0 Å². The Morgan fingerprint density at radius 2 is 2.14 bits per heavy atom. The normalized spacial score (nSPS) is 16.8. The molecular weight excluding hydrogens is 384 g/mol. The summed E-state index contributed by atoms with van der Waals surface area (Å²) in [6, 6.07) is 7.71. The van der Waals surface area contributed by atoms with Crippen molar-refractivity contribution in [1.82, 2.24) is 0 Å². The average molecular weight is 400 g/mol. The van der Waals surface area contributed by atoms with Crippen molar-refractivity contribution in [3.8, 4) is 11.5 Å². The summed E-state index contributed by atoms with van der Waals surface area (Å²) in [7, 11) is 0. The number of carboxylic acid groups (broad SMARTS) is 1. The lowest BCUT2D eigenvalue weighted by Gasteiger charge is -2.27. The number of hydrogen-bond donors (Lipinski definition) is 3. The number of anilines is 1. The number of hydrogen-bond acceptors (Lipinski definition) is 8. The number of nitro groups is 1. The molecule has 2 aromatic rings. The Kier molecular flexibility index (Phi) is 5.46. The first kappa shape index (κ1) is 19.8. The van der Waals surface area contributed by atoms with Gasteiger partial charge in [0.25, 0.3) is 5.69 Å². The third-order valence-corrected chi connectivity index (χ3v) is 4.14. The number of nitro benzene ring substituents is 1. The molecule has 2 aromatic carbocycles. The fourth-order valence-electron chi connectivity index (χ4n) is 2.75. The third-order valence-electron chi connectivity index (χ3n) is 4.14. The molecule has 0 fully saturated rings. The van der Waals surface area contributed by atoms with Crippen LogP contribution in [0.4, 0.5) is 11.4 Å². The SMILES string of the molecule is CCO[C@@H]1Oc2ccc([N+](=O)[O-])cc2C(=O)/C1=C/Nc1cccc(C(=O)O)c1O. The number of Topliss-reactive ketones (excluding diaryl/α,β-unsaturated/α-hetero) is 1. The zero-order valence-electron chi connectivity index (χ0n) is 15.1. The van der Waals surface area contributed by atoms with E-state index in [2.05, 4.69) is 5.32 Å². The third kappa shape index (κ3) is 3.87. The van der Waals surface area contributed by atoms with E-state index < -0.39 is 28.7 Å². The fraction of sp³-hybridized carbons (Fsp3) is 0.158. The maximum absolute atomic E-state index is 12.9. The van der Waals surface area contributed by atoms with Crippen LogP contribution in [0, 0.1) is 10.1 Å². The van der Waals surface area contributed by atoms with Crippen molar-refractivity contribution in [2.24, 2.45) is 0 Å². The van der Waals surface area contributed by atoms with Crippen LogP contribution in [0.3, 0.4) is 0 Å². The Morgan fingerprint density at radius 1 is 1.38 bits per heavy atom. The van der Waals surface area contributed by atoms with Crippen molar-refractivity contribution in [2.45, 2.75) is 13.2 Å². The zero-order valence-corrected chi connectivity index (χ0v) is 15.1. The monoisotopic (exact) mass is 400 g/mol. The smallest absolute Gasteiger partial charge is 0.339 e. The van der Waals surface area contributed by atoms with E-state index >= 15 is 0 Å². The summed E-state index contributed by atoms with van der Waals surface area (Å²) in [5, 5.41) is 32.9. The first-order chi connectivity index (χ1) is 13.8. The molecule has 0 amide bonds. The van der Waals surface area contributed by atoms with Crippen LogP contribution in [0.2, 0.25) is 0 Å². The highest BCUT2D eigenvalue weighted by molar-refractivity contribution is 6.12. The summed E-state index contributed by atoms with van der Waals surface area (Å²) < 4.78 is 11.1. The second-order valence-corrected chi connectivity index (χ2v) is 5.92. The number of nitrogens with zero attached hydrogens (tertiary/aromatic N) is 1. The van der Waals surface area contributed by atoms with E-state index in [0.717, 1.165) is 6.07 Å². The van der Waals surface area contributed by atoms with Gasteiger partial charge in [0, 0.05) is 24.9 Å². The minimum absolute atomic E-state index is 0.0000222. The van der Waals surface area contributed by atoms with Crippen LogP contribution in [0.5, 0.6) is 11.5 Å². The predicted octanol–water partition coefficient (Wildman–Crippen LogP) is 2.93. The molecule has 0 bridgehead atoms. The van der Waals surface area contributed by atoms with Gasteiger partial charge in [-0.25, -0.2) is 4.79 Å². The van der Waals surface area contributed by atoms with E-state index in [9.17, 15) is 24.8 Å². The molecule has 0 spiro atoms. The van der Waals surface area contributed by atoms with Crippen molar-refractivity contribution in [1.29, 1.82) is 0 Å². The van der Waals surface area contributed by atoms with Crippen LogP contribution in [-0.2, 0) is 4.74 Å². The maximum atomic E-state index is 12.9. The topological polar surface area (TPSA) is 148 Å². The van der Waals surface area contributed by atoms with Crippen LogP contribution >= 0.6 is 0 Å². The van der Waals surface area contributed by atoms with E-state index in [1.165, 1.54) is 36.5 Å². The first-order valence-electron chi connectivity index (χ1n) is 8.46. The van der Waals surface area contributed by atoms with Crippen LogP contribution < -0.4 is 10.1 Å². The molecule has 1 aliphatic heterocycles. The largest absolute Gasteiger partial charge is 0.505 e. The van der Waals surface area contributed by atoms with Crippen molar-refractivity contribution in [3.05, 3.63) is 69.4 Å².